The smallest absolute Gasteiger partial charge is 0.334 e. The molecule has 0 N–H and O–H groups in total. The molecule has 0 saturated carbocycles. The van der Waals surface area contributed by atoms with Gasteiger partial charge in [-0.3, -0.25) is 9.59 Å². The molecule has 52 heavy (non-hydrogen) atoms. The van der Waals surface area contributed by atoms with Crippen molar-refractivity contribution >= 4 is 28.6 Å². The first-order valence-electron chi connectivity index (χ1n) is 17.1. The molecule has 1 aliphatic heterocycles. The van der Waals surface area contributed by atoms with Crippen LogP contribution in [-0.4, -0.2) is 46.0 Å². The number of alkyl halides is 3. The highest BCUT2D eigenvalue weighted by Gasteiger charge is 2.31. The van der Waals surface area contributed by atoms with E-state index in [0.717, 1.165) is 80.0 Å². The first-order chi connectivity index (χ1) is 25.0. The van der Waals surface area contributed by atoms with E-state index in [1.165, 1.54) is 30.3 Å². The maximum atomic E-state index is 14.6. The second kappa shape index (κ2) is 16.3. The second-order valence-electron chi connectivity index (χ2n) is 12.9. The lowest BCUT2D eigenvalue weighted by molar-refractivity contribution is -0.137. The van der Waals surface area contributed by atoms with Crippen LogP contribution >= 0.6 is 11.8 Å². The number of rotatable bonds is 12. The Labute approximate surface area is 303 Å². The number of aromatic nitrogens is 1. The van der Waals surface area contributed by atoms with E-state index < -0.39 is 23.4 Å². The van der Waals surface area contributed by atoms with Gasteiger partial charge in [-0.1, -0.05) is 66.7 Å². The Morgan fingerprint density at radius 3 is 2.25 bits per heavy atom. The van der Waals surface area contributed by atoms with Crippen LogP contribution in [0.4, 0.5) is 22.0 Å². The first-order valence-corrected chi connectivity index (χ1v) is 18.1. The number of nitrogens with zero attached hydrogens (tertiary/aromatic N) is 3. The molecule has 1 amide bonds. The highest BCUT2D eigenvalue weighted by Crippen LogP contribution is 2.32. The molecule has 1 saturated heterocycles. The number of fused-ring (bicyclic) bond motifs is 1. The Morgan fingerprint density at radius 1 is 0.904 bits per heavy atom. The predicted molar refractivity (Wildman–Crippen MR) is 196 cm³/mol. The number of likely N-dealkylation sites (tertiary alicyclic amines) is 1. The standard InChI is InChI=1S/C41H38F5N3O2S/c1-2-3-21-47-22-19-33(20-23-47)48(25-28-11-13-29(14-12-28)30-15-17-32(18-16-30)41(44,45)46)38(51)26-49-36-10-5-4-8-34(36)37(50)24-39(49)52-27-31-7-6-9-35(42)40(31)43/h2,4-18,24,33H,1,3,19-23,25-27H2. The third-order valence-corrected chi connectivity index (χ3v) is 10.6. The molecule has 1 aromatic heterocycles. The summed E-state index contributed by atoms with van der Waals surface area (Å²) in [6.45, 7) is 6.57. The average molecular weight is 732 g/mol. The van der Waals surface area contributed by atoms with Crippen molar-refractivity contribution in [1.82, 2.24) is 14.4 Å². The minimum Gasteiger partial charge on any atom is -0.334 e. The van der Waals surface area contributed by atoms with Crippen LogP contribution in [0.5, 0.6) is 0 Å². The molecule has 1 fully saturated rings. The molecule has 0 aliphatic carbocycles. The number of carbonyl (C=O) groups is 1. The zero-order valence-electron chi connectivity index (χ0n) is 28.4. The molecule has 2 heterocycles. The minimum atomic E-state index is -4.42. The monoisotopic (exact) mass is 731 g/mol. The number of para-hydroxylation sites is 1. The summed E-state index contributed by atoms with van der Waals surface area (Å²) in [6.07, 6.45) is -0.128. The molecule has 6 rings (SSSR count). The van der Waals surface area contributed by atoms with Crippen molar-refractivity contribution in [2.75, 3.05) is 19.6 Å². The topological polar surface area (TPSA) is 45.5 Å². The van der Waals surface area contributed by atoms with Gasteiger partial charge in [0.2, 0.25) is 5.91 Å². The van der Waals surface area contributed by atoms with E-state index in [9.17, 15) is 31.5 Å². The molecule has 5 nitrogen and oxygen atoms in total. The van der Waals surface area contributed by atoms with Crippen molar-refractivity contribution in [3.05, 3.63) is 148 Å². The molecule has 0 atom stereocenters. The number of hydrogen-bond acceptors (Lipinski definition) is 4. The fourth-order valence-corrected chi connectivity index (χ4v) is 7.66. The Hall–Kier alpha value is -4.74. The van der Waals surface area contributed by atoms with Crippen molar-refractivity contribution in [3.63, 3.8) is 0 Å². The SMILES string of the molecule is C=CCCN1CCC(N(Cc2ccc(-c3ccc(C(F)(F)F)cc3)cc2)C(=O)Cn2c(SCc3cccc(F)c3F)cc(=O)c3ccccc32)CC1. The lowest BCUT2D eigenvalue weighted by Crippen LogP contribution is -2.48. The van der Waals surface area contributed by atoms with Gasteiger partial charge in [-0.25, -0.2) is 8.78 Å². The van der Waals surface area contributed by atoms with Gasteiger partial charge in [-0.05, 0) is 66.3 Å². The maximum absolute atomic E-state index is 14.6. The largest absolute Gasteiger partial charge is 0.416 e. The third kappa shape index (κ3) is 8.65. The summed E-state index contributed by atoms with van der Waals surface area (Å²) in [7, 11) is 0. The van der Waals surface area contributed by atoms with Gasteiger partial charge >= 0.3 is 6.18 Å². The summed E-state index contributed by atoms with van der Waals surface area (Å²) in [5.74, 6) is -2.02. The minimum absolute atomic E-state index is 0.0493. The molecule has 5 aromatic rings. The Bertz CT molecular complexity index is 2090. The second-order valence-corrected chi connectivity index (χ2v) is 13.9. The number of carbonyl (C=O) groups excluding carboxylic acids is 1. The number of thioether (sulfide) groups is 1. The van der Waals surface area contributed by atoms with E-state index in [-0.39, 0.29) is 35.2 Å². The van der Waals surface area contributed by atoms with Gasteiger partial charge < -0.3 is 14.4 Å². The molecule has 0 spiro atoms. The van der Waals surface area contributed by atoms with Gasteiger partial charge in [0.1, 0.15) is 6.54 Å². The van der Waals surface area contributed by atoms with Crippen LogP contribution in [0.3, 0.4) is 0 Å². The summed E-state index contributed by atoms with van der Waals surface area (Å²) < 4.78 is 69.6. The lowest BCUT2D eigenvalue weighted by Gasteiger charge is -2.39. The van der Waals surface area contributed by atoms with Crippen LogP contribution in [-0.2, 0) is 29.8 Å². The summed E-state index contributed by atoms with van der Waals surface area (Å²) in [6, 6.07) is 24.8. The molecular formula is C41H38F5N3O2S. The predicted octanol–water partition coefficient (Wildman–Crippen LogP) is 9.33. The van der Waals surface area contributed by atoms with Crippen molar-refractivity contribution < 1.29 is 26.7 Å². The van der Waals surface area contributed by atoms with E-state index in [0.29, 0.717) is 28.0 Å². The Balaban J connectivity index is 1.29. The van der Waals surface area contributed by atoms with Crippen LogP contribution in [0.2, 0.25) is 0 Å². The van der Waals surface area contributed by atoms with E-state index in [1.54, 1.807) is 28.8 Å². The molecule has 0 unspecified atom stereocenters. The normalized spacial score (nSPS) is 14.1. The van der Waals surface area contributed by atoms with Gasteiger partial charge in [0.05, 0.1) is 16.1 Å². The van der Waals surface area contributed by atoms with Crippen LogP contribution in [0.15, 0.2) is 120 Å². The zero-order chi connectivity index (χ0) is 36.8. The van der Waals surface area contributed by atoms with Gasteiger partial charge in [-0.2, -0.15) is 13.2 Å². The summed E-state index contributed by atoms with van der Waals surface area (Å²) in [5.41, 5.74) is 2.02. The van der Waals surface area contributed by atoms with Crippen LogP contribution in [0, 0.1) is 11.6 Å². The highest BCUT2D eigenvalue weighted by atomic mass is 32.2. The van der Waals surface area contributed by atoms with Crippen molar-refractivity contribution in [2.24, 2.45) is 0 Å². The number of piperidine rings is 1. The first kappa shape index (κ1) is 37.0. The third-order valence-electron chi connectivity index (χ3n) is 9.50. The van der Waals surface area contributed by atoms with E-state index >= 15 is 0 Å². The molecule has 11 heteroatoms. The molecule has 4 aromatic carbocycles. The Kier molecular flexibility index (Phi) is 11.6. The summed E-state index contributed by atoms with van der Waals surface area (Å²) in [4.78, 5) is 31.9. The molecule has 0 radical (unpaired) electrons. The van der Waals surface area contributed by atoms with Crippen molar-refractivity contribution in [3.8, 4) is 11.1 Å². The van der Waals surface area contributed by atoms with E-state index in [4.69, 9.17) is 0 Å². The fourth-order valence-electron chi connectivity index (χ4n) is 6.62. The van der Waals surface area contributed by atoms with Gasteiger partial charge in [-0.15, -0.1) is 18.3 Å². The number of hydrogen-bond donors (Lipinski definition) is 0. The van der Waals surface area contributed by atoms with Gasteiger partial charge in [0.15, 0.2) is 17.1 Å². The van der Waals surface area contributed by atoms with Crippen molar-refractivity contribution in [2.45, 2.75) is 55.3 Å². The average Bonchev–Trinajstić information content (AvgIpc) is 3.15. The van der Waals surface area contributed by atoms with Crippen LogP contribution in [0.25, 0.3) is 22.0 Å². The van der Waals surface area contributed by atoms with Crippen LogP contribution in [0.1, 0.15) is 36.0 Å². The quantitative estimate of drug-likeness (QED) is 0.0730. The van der Waals surface area contributed by atoms with Crippen molar-refractivity contribution in [1.29, 1.82) is 0 Å². The maximum Gasteiger partial charge on any atom is 0.416 e. The molecule has 0 bridgehead atoms. The molecular weight excluding hydrogens is 694 g/mol. The van der Waals surface area contributed by atoms with Gasteiger partial charge in [0.25, 0.3) is 0 Å². The fraction of sp³-hybridized carbons (Fsp3) is 0.268. The number of halogens is 5. The molecule has 1 aliphatic rings. The number of pyridine rings is 1. The number of amides is 1. The highest BCUT2D eigenvalue weighted by molar-refractivity contribution is 7.98. The van der Waals surface area contributed by atoms with E-state index in [2.05, 4.69) is 11.5 Å². The number of benzene rings is 4. The Morgan fingerprint density at radius 2 is 1.58 bits per heavy atom. The summed E-state index contributed by atoms with van der Waals surface area (Å²) >= 11 is 1.16. The molecule has 270 valence electrons. The zero-order valence-corrected chi connectivity index (χ0v) is 29.2. The summed E-state index contributed by atoms with van der Waals surface area (Å²) in [5, 5.41) is 0.901. The van der Waals surface area contributed by atoms with Gasteiger partial charge in [0, 0.05) is 55.0 Å². The lowest BCUT2D eigenvalue weighted by atomic mass is 10.00. The van der Waals surface area contributed by atoms with Crippen LogP contribution < -0.4 is 5.43 Å². The van der Waals surface area contributed by atoms with E-state index in [1.807, 2.05) is 35.2 Å².